The Labute approximate surface area is 92.4 Å². The molecule has 0 radical (unpaired) electrons. The highest BCUT2D eigenvalue weighted by Crippen LogP contribution is 2.60. The van der Waals surface area contributed by atoms with Crippen molar-refractivity contribution in [3.05, 3.63) is 0 Å². The zero-order valence-corrected chi connectivity index (χ0v) is 10.9. The standard InChI is InChI=1S/C11H21N.BrH/c1-10(2)8-5-6-9(7-8)11(10,3)12-4;/h8-9,12H,5-7H2,1-4H3;1H. The van der Waals surface area contributed by atoms with Crippen LogP contribution in [-0.4, -0.2) is 12.6 Å². The molecule has 2 aliphatic carbocycles. The highest BCUT2D eigenvalue weighted by atomic mass is 79.9. The molecular weight excluding hydrogens is 226 g/mol. The van der Waals surface area contributed by atoms with Gasteiger partial charge in [-0.2, -0.15) is 0 Å². The van der Waals surface area contributed by atoms with Crippen molar-refractivity contribution in [1.29, 1.82) is 0 Å². The van der Waals surface area contributed by atoms with Crippen LogP contribution in [0.25, 0.3) is 0 Å². The third kappa shape index (κ3) is 1.21. The lowest BCUT2D eigenvalue weighted by Gasteiger charge is -2.47. The molecule has 0 spiro atoms. The minimum Gasteiger partial charge on any atom is -0.314 e. The predicted octanol–water partition coefficient (Wildman–Crippen LogP) is 3.00. The van der Waals surface area contributed by atoms with Crippen molar-refractivity contribution in [2.75, 3.05) is 7.05 Å². The van der Waals surface area contributed by atoms with E-state index in [0.29, 0.717) is 11.0 Å². The number of fused-ring (bicyclic) bond motifs is 2. The van der Waals surface area contributed by atoms with Crippen molar-refractivity contribution in [3.63, 3.8) is 0 Å². The van der Waals surface area contributed by atoms with Crippen LogP contribution in [0.5, 0.6) is 0 Å². The van der Waals surface area contributed by atoms with Crippen molar-refractivity contribution in [1.82, 2.24) is 5.32 Å². The van der Waals surface area contributed by atoms with Crippen LogP contribution in [0.1, 0.15) is 40.0 Å². The second kappa shape index (κ2) is 3.23. The minimum atomic E-state index is 0. The first kappa shape index (κ1) is 11.5. The normalized spacial score (nSPS) is 46.2. The molecule has 0 heterocycles. The molecule has 13 heavy (non-hydrogen) atoms. The van der Waals surface area contributed by atoms with Crippen LogP contribution in [0, 0.1) is 17.3 Å². The van der Waals surface area contributed by atoms with Gasteiger partial charge in [-0.1, -0.05) is 13.8 Å². The Kier molecular flexibility index (Phi) is 2.86. The van der Waals surface area contributed by atoms with Gasteiger partial charge < -0.3 is 5.32 Å². The summed E-state index contributed by atoms with van der Waals surface area (Å²) in [5.41, 5.74) is 0.903. The first-order valence-corrected chi connectivity index (χ1v) is 5.21. The molecule has 1 N–H and O–H groups in total. The van der Waals surface area contributed by atoms with Crippen LogP contribution in [-0.2, 0) is 0 Å². The summed E-state index contributed by atoms with van der Waals surface area (Å²) in [5, 5.41) is 3.56. The van der Waals surface area contributed by atoms with E-state index in [9.17, 15) is 0 Å². The lowest BCUT2D eigenvalue weighted by Crippen LogP contribution is -2.55. The summed E-state index contributed by atoms with van der Waals surface area (Å²) in [6, 6.07) is 0. The minimum absolute atomic E-state index is 0. The predicted molar refractivity (Wildman–Crippen MR) is 62.4 cm³/mol. The smallest absolute Gasteiger partial charge is 0.0232 e. The Balaban J connectivity index is 0.000000845. The second-order valence-electron chi connectivity index (χ2n) is 5.38. The van der Waals surface area contributed by atoms with E-state index in [1.165, 1.54) is 19.3 Å². The molecule has 0 saturated heterocycles. The molecular formula is C11H22BrN. The van der Waals surface area contributed by atoms with Gasteiger partial charge >= 0.3 is 0 Å². The highest BCUT2D eigenvalue weighted by Gasteiger charge is 2.59. The number of halogens is 1. The second-order valence-corrected chi connectivity index (χ2v) is 5.38. The van der Waals surface area contributed by atoms with Crippen LogP contribution in [0.2, 0.25) is 0 Å². The molecule has 3 atom stereocenters. The summed E-state index contributed by atoms with van der Waals surface area (Å²) in [5.74, 6) is 1.91. The van der Waals surface area contributed by atoms with Gasteiger partial charge in [0.25, 0.3) is 0 Å². The topological polar surface area (TPSA) is 12.0 Å². The third-order valence-corrected chi connectivity index (χ3v) is 5.13. The Bertz CT molecular complexity index is 202. The Morgan fingerprint density at radius 3 is 1.92 bits per heavy atom. The molecule has 0 aliphatic heterocycles. The largest absolute Gasteiger partial charge is 0.314 e. The molecule has 0 aromatic heterocycles. The zero-order chi connectivity index (χ0) is 8.98. The van der Waals surface area contributed by atoms with Gasteiger partial charge in [0.2, 0.25) is 0 Å². The molecule has 2 heteroatoms. The Morgan fingerprint density at radius 1 is 1.08 bits per heavy atom. The fourth-order valence-electron chi connectivity index (χ4n) is 3.64. The molecule has 2 aliphatic rings. The maximum atomic E-state index is 3.56. The van der Waals surface area contributed by atoms with E-state index in [2.05, 4.69) is 33.1 Å². The summed E-state index contributed by atoms with van der Waals surface area (Å²) in [6.45, 7) is 7.29. The van der Waals surface area contributed by atoms with Crippen molar-refractivity contribution < 1.29 is 0 Å². The van der Waals surface area contributed by atoms with Crippen LogP contribution in [0.3, 0.4) is 0 Å². The van der Waals surface area contributed by atoms with Gasteiger partial charge in [-0.15, -0.1) is 17.0 Å². The number of rotatable bonds is 1. The summed E-state index contributed by atoms with van der Waals surface area (Å²) < 4.78 is 0. The van der Waals surface area contributed by atoms with E-state index in [-0.39, 0.29) is 17.0 Å². The van der Waals surface area contributed by atoms with Crippen LogP contribution in [0.15, 0.2) is 0 Å². The van der Waals surface area contributed by atoms with Gasteiger partial charge in [0.15, 0.2) is 0 Å². The molecule has 0 amide bonds. The van der Waals surface area contributed by atoms with E-state index >= 15 is 0 Å². The summed E-state index contributed by atoms with van der Waals surface area (Å²) in [7, 11) is 2.13. The van der Waals surface area contributed by atoms with Crippen LogP contribution in [0.4, 0.5) is 0 Å². The maximum absolute atomic E-state index is 3.56. The SMILES string of the molecule is Br.CNC1(C)C2CCC(C2)C1(C)C. The van der Waals surface area contributed by atoms with E-state index in [1.54, 1.807) is 0 Å². The number of hydrogen-bond donors (Lipinski definition) is 1. The molecule has 2 rings (SSSR count). The summed E-state index contributed by atoms with van der Waals surface area (Å²) >= 11 is 0. The average Bonchev–Trinajstić information content (AvgIpc) is 2.55. The molecule has 0 aromatic rings. The fourth-order valence-corrected chi connectivity index (χ4v) is 3.64. The van der Waals surface area contributed by atoms with Crippen molar-refractivity contribution >= 4 is 17.0 Å². The zero-order valence-electron chi connectivity index (χ0n) is 9.18. The fraction of sp³-hybridized carbons (Fsp3) is 1.00. The van der Waals surface area contributed by atoms with E-state index in [1.807, 2.05) is 0 Å². The monoisotopic (exact) mass is 247 g/mol. The average molecular weight is 248 g/mol. The highest BCUT2D eigenvalue weighted by molar-refractivity contribution is 8.93. The summed E-state index contributed by atoms with van der Waals surface area (Å²) in [4.78, 5) is 0. The van der Waals surface area contributed by atoms with Gasteiger partial charge in [-0.05, 0) is 50.5 Å². The number of nitrogens with one attached hydrogen (secondary N) is 1. The first-order chi connectivity index (χ1) is 5.52. The van der Waals surface area contributed by atoms with Crippen LogP contribution >= 0.6 is 17.0 Å². The van der Waals surface area contributed by atoms with Gasteiger partial charge in [-0.25, -0.2) is 0 Å². The molecule has 2 saturated carbocycles. The maximum Gasteiger partial charge on any atom is 0.0232 e. The van der Waals surface area contributed by atoms with Gasteiger partial charge in [0, 0.05) is 5.54 Å². The first-order valence-electron chi connectivity index (χ1n) is 5.21. The molecule has 0 aromatic carbocycles. The molecule has 2 fully saturated rings. The van der Waals surface area contributed by atoms with E-state index in [0.717, 1.165) is 11.8 Å². The van der Waals surface area contributed by atoms with E-state index < -0.39 is 0 Å². The molecule has 3 unspecified atom stereocenters. The van der Waals surface area contributed by atoms with Crippen molar-refractivity contribution in [2.24, 2.45) is 17.3 Å². The van der Waals surface area contributed by atoms with Gasteiger partial charge in [-0.3, -0.25) is 0 Å². The lowest BCUT2D eigenvalue weighted by atomic mass is 9.64. The Hall–Kier alpha value is 0.440. The van der Waals surface area contributed by atoms with Gasteiger partial charge in [0.05, 0.1) is 0 Å². The van der Waals surface area contributed by atoms with Crippen LogP contribution < -0.4 is 5.32 Å². The molecule has 1 nitrogen and oxygen atoms in total. The number of hydrogen-bond acceptors (Lipinski definition) is 1. The lowest BCUT2D eigenvalue weighted by molar-refractivity contribution is 0.0732. The van der Waals surface area contributed by atoms with Crippen molar-refractivity contribution in [2.45, 2.75) is 45.6 Å². The third-order valence-electron chi connectivity index (χ3n) is 5.13. The van der Waals surface area contributed by atoms with Gasteiger partial charge in [0.1, 0.15) is 0 Å². The van der Waals surface area contributed by atoms with E-state index in [4.69, 9.17) is 0 Å². The Morgan fingerprint density at radius 2 is 1.62 bits per heavy atom. The summed E-state index contributed by atoms with van der Waals surface area (Å²) in [6.07, 6.45) is 4.38. The van der Waals surface area contributed by atoms with Crippen molar-refractivity contribution in [3.8, 4) is 0 Å². The molecule has 78 valence electrons. The molecule has 2 bridgehead atoms. The quantitative estimate of drug-likeness (QED) is 0.752.